The third kappa shape index (κ3) is 5.61. The van der Waals surface area contributed by atoms with Gasteiger partial charge in [0, 0.05) is 38.7 Å². The van der Waals surface area contributed by atoms with E-state index in [0.717, 1.165) is 11.0 Å². The lowest BCUT2D eigenvalue weighted by Gasteiger charge is -2.14. The van der Waals surface area contributed by atoms with Gasteiger partial charge < -0.3 is 15.0 Å². The van der Waals surface area contributed by atoms with Gasteiger partial charge in [0.25, 0.3) is 0 Å². The van der Waals surface area contributed by atoms with Crippen molar-refractivity contribution in [3.8, 4) is 0 Å². The molecule has 0 aliphatic rings. The summed E-state index contributed by atoms with van der Waals surface area (Å²) in [5.41, 5.74) is 2.42. The van der Waals surface area contributed by atoms with Crippen LogP contribution in [0.25, 0.3) is 0 Å². The van der Waals surface area contributed by atoms with Gasteiger partial charge in [-0.15, -0.1) is 0 Å². The molecule has 0 bridgehead atoms. The van der Waals surface area contributed by atoms with Gasteiger partial charge in [0.05, 0.1) is 13.2 Å². The summed E-state index contributed by atoms with van der Waals surface area (Å²) in [6, 6.07) is 8.34. The first-order valence-corrected chi connectivity index (χ1v) is 8.20. The van der Waals surface area contributed by atoms with E-state index >= 15 is 0 Å². The van der Waals surface area contributed by atoms with Crippen LogP contribution in [0, 0.1) is 6.92 Å². The van der Waals surface area contributed by atoms with E-state index < -0.39 is 0 Å². The fourth-order valence-corrected chi connectivity index (χ4v) is 2.63. The van der Waals surface area contributed by atoms with Gasteiger partial charge in [-0.25, -0.2) is 4.98 Å². The molecule has 124 valence electrons. The second kappa shape index (κ2) is 8.59. The number of rotatable bonds is 8. The number of anilines is 1. The number of hydrogen-bond acceptors (Lipinski definition) is 6. The van der Waals surface area contributed by atoms with Gasteiger partial charge >= 0.3 is 0 Å². The molecule has 2 rings (SSSR count). The maximum atomic E-state index is 11.8. The molecule has 0 saturated carbocycles. The minimum Gasteiger partial charge on any atom is -0.383 e. The number of nitrogens with one attached hydrogen (secondary N) is 1. The number of aryl methyl sites for hydroxylation is 1. The minimum absolute atomic E-state index is 0.0557. The van der Waals surface area contributed by atoms with Gasteiger partial charge in [-0.1, -0.05) is 29.8 Å². The van der Waals surface area contributed by atoms with E-state index in [0.29, 0.717) is 19.6 Å². The maximum Gasteiger partial charge on any atom is 0.239 e. The summed E-state index contributed by atoms with van der Waals surface area (Å²) in [6.07, 6.45) is 0.699. The normalized spacial score (nSPS) is 10.6. The summed E-state index contributed by atoms with van der Waals surface area (Å²) in [7, 11) is 3.45. The summed E-state index contributed by atoms with van der Waals surface area (Å²) in [6.45, 7) is 3.34. The highest BCUT2D eigenvalue weighted by Gasteiger charge is 2.12. The Morgan fingerprint density at radius 1 is 1.35 bits per heavy atom. The number of carbonyl (C=O) groups is 1. The Labute approximate surface area is 140 Å². The monoisotopic (exact) mass is 334 g/mol. The van der Waals surface area contributed by atoms with Crippen molar-refractivity contribution in [3.05, 3.63) is 41.2 Å². The molecule has 2 aromatic rings. The predicted molar refractivity (Wildman–Crippen MR) is 92.0 cm³/mol. The molecule has 6 nitrogen and oxygen atoms in total. The summed E-state index contributed by atoms with van der Waals surface area (Å²) in [5.74, 6) is 0.723. The molecule has 1 N–H and O–H groups in total. The van der Waals surface area contributed by atoms with Crippen LogP contribution >= 0.6 is 11.5 Å². The Kier molecular flexibility index (Phi) is 6.49. The van der Waals surface area contributed by atoms with Crippen molar-refractivity contribution in [3.63, 3.8) is 0 Å². The second-order valence-electron chi connectivity index (χ2n) is 5.35. The van der Waals surface area contributed by atoms with E-state index in [-0.39, 0.29) is 12.5 Å². The Balaban J connectivity index is 1.87. The van der Waals surface area contributed by atoms with E-state index in [1.165, 1.54) is 22.7 Å². The molecular weight excluding hydrogens is 312 g/mol. The van der Waals surface area contributed by atoms with Crippen molar-refractivity contribution < 1.29 is 9.53 Å². The minimum atomic E-state index is -0.0557. The molecular formula is C16H22N4O2S. The second-order valence-corrected chi connectivity index (χ2v) is 6.08. The van der Waals surface area contributed by atoms with Gasteiger partial charge in [0.1, 0.15) is 5.82 Å². The van der Waals surface area contributed by atoms with Gasteiger partial charge in [0.2, 0.25) is 11.0 Å². The first-order chi connectivity index (χ1) is 11.1. The van der Waals surface area contributed by atoms with Gasteiger partial charge in [0.15, 0.2) is 0 Å². The molecule has 7 heteroatoms. The van der Waals surface area contributed by atoms with Crippen LogP contribution in [-0.2, 0) is 16.0 Å². The van der Waals surface area contributed by atoms with Gasteiger partial charge in [-0.2, -0.15) is 4.37 Å². The van der Waals surface area contributed by atoms with Crippen molar-refractivity contribution in [1.29, 1.82) is 0 Å². The molecule has 0 spiro atoms. The average molecular weight is 334 g/mol. The lowest BCUT2D eigenvalue weighted by Crippen LogP contribution is -2.36. The molecule has 0 aliphatic heterocycles. The van der Waals surface area contributed by atoms with Crippen molar-refractivity contribution in [2.75, 3.05) is 38.8 Å². The van der Waals surface area contributed by atoms with Crippen LogP contribution in [0.15, 0.2) is 24.3 Å². The number of ether oxygens (including phenoxy) is 1. The zero-order chi connectivity index (χ0) is 16.7. The average Bonchev–Trinajstić information content (AvgIpc) is 2.98. The molecule has 1 heterocycles. The molecule has 0 unspecified atom stereocenters. The number of likely N-dealkylation sites (N-methyl/N-ethyl adjacent to an activating group) is 1. The quantitative estimate of drug-likeness (QED) is 0.743. The maximum absolute atomic E-state index is 11.8. The number of benzene rings is 1. The molecule has 23 heavy (non-hydrogen) atoms. The molecule has 1 aromatic heterocycles. The van der Waals surface area contributed by atoms with E-state index in [2.05, 4.69) is 45.9 Å². The van der Waals surface area contributed by atoms with Crippen LogP contribution in [0.5, 0.6) is 0 Å². The number of nitrogens with zero attached hydrogens (tertiary/aromatic N) is 3. The number of aromatic nitrogens is 2. The Bertz CT molecular complexity index is 627. The molecule has 0 aliphatic carbocycles. The van der Waals surface area contributed by atoms with Crippen molar-refractivity contribution >= 4 is 22.6 Å². The van der Waals surface area contributed by atoms with Gasteiger partial charge in [-0.3, -0.25) is 4.79 Å². The summed E-state index contributed by atoms with van der Waals surface area (Å²) in [4.78, 5) is 18.1. The standard InChI is InChI=1S/C16H22N4O2S/c1-12-4-6-13(7-5-12)10-14-18-16(23-19-14)20(2)11-15(21)17-8-9-22-3/h4-7H,8-11H2,1-3H3,(H,17,21). The molecule has 0 saturated heterocycles. The Hall–Kier alpha value is -1.99. The first-order valence-electron chi connectivity index (χ1n) is 7.43. The van der Waals surface area contributed by atoms with Gasteiger partial charge in [-0.05, 0) is 12.5 Å². The predicted octanol–water partition coefficient (Wildman–Crippen LogP) is 1.64. The van der Waals surface area contributed by atoms with Crippen molar-refractivity contribution in [2.24, 2.45) is 0 Å². The molecule has 1 amide bonds. The molecule has 0 fully saturated rings. The fraction of sp³-hybridized carbons (Fsp3) is 0.438. The van der Waals surface area contributed by atoms with Crippen LogP contribution < -0.4 is 10.2 Å². The van der Waals surface area contributed by atoms with Crippen molar-refractivity contribution in [1.82, 2.24) is 14.7 Å². The Morgan fingerprint density at radius 3 is 2.78 bits per heavy atom. The van der Waals surface area contributed by atoms with E-state index in [1.807, 2.05) is 7.05 Å². The molecule has 1 aromatic carbocycles. The summed E-state index contributed by atoms with van der Waals surface area (Å²) in [5, 5.41) is 3.53. The van der Waals surface area contributed by atoms with E-state index in [1.54, 1.807) is 12.0 Å². The zero-order valence-electron chi connectivity index (χ0n) is 13.7. The highest BCUT2D eigenvalue weighted by Crippen LogP contribution is 2.17. The van der Waals surface area contributed by atoms with E-state index in [4.69, 9.17) is 4.74 Å². The van der Waals surface area contributed by atoms with Crippen LogP contribution in [0.1, 0.15) is 17.0 Å². The number of carbonyl (C=O) groups excluding carboxylic acids is 1. The summed E-state index contributed by atoms with van der Waals surface area (Å²) < 4.78 is 9.28. The van der Waals surface area contributed by atoms with Crippen LogP contribution in [0.2, 0.25) is 0 Å². The van der Waals surface area contributed by atoms with E-state index in [9.17, 15) is 4.79 Å². The number of hydrogen-bond donors (Lipinski definition) is 1. The smallest absolute Gasteiger partial charge is 0.239 e. The Morgan fingerprint density at radius 2 is 2.09 bits per heavy atom. The highest BCUT2D eigenvalue weighted by molar-refractivity contribution is 7.09. The third-order valence-corrected chi connectivity index (χ3v) is 4.14. The number of amides is 1. The lowest BCUT2D eigenvalue weighted by molar-refractivity contribution is -0.119. The fourth-order valence-electron chi connectivity index (χ4n) is 1.99. The zero-order valence-corrected chi connectivity index (χ0v) is 14.5. The number of methoxy groups -OCH3 is 1. The van der Waals surface area contributed by atoms with Crippen LogP contribution in [0.3, 0.4) is 0 Å². The third-order valence-electron chi connectivity index (χ3n) is 3.28. The van der Waals surface area contributed by atoms with Crippen molar-refractivity contribution in [2.45, 2.75) is 13.3 Å². The largest absolute Gasteiger partial charge is 0.383 e. The lowest BCUT2D eigenvalue weighted by atomic mass is 10.1. The van der Waals surface area contributed by atoms with Crippen LogP contribution in [-0.4, -0.2) is 49.1 Å². The molecule has 0 atom stereocenters. The topological polar surface area (TPSA) is 67.3 Å². The summed E-state index contributed by atoms with van der Waals surface area (Å²) >= 11 is 1.31. The highest BCUT2D eigenvalue weighted by atomic mass is 32.1. The molecule has 0 radical (unpaired) electrons. The first kappa shape index (κ1) is 17.4. The SMILES string of the molecule is COCCNC(=O)CN(C)c1nc(Cc2ccc(C)cc2)ns1. The van der Waals surface area contributed by atoms with Crippen LogP contribution in [0.4, 0.5) is 5.13 Å².